The van der Waals surface area contributed by atoms with Gasteiger partial charge < -0.3 is 11.6 Å². The molecule has 3 heterocycles. The van der Waals surface area contributed by atoms with E-state index in [2.05, 4.69) is 28.5 Å². The van der Waals surface area contributed by atoms with Crippen LogP contribution in [0.4, 0.5) is 0 Å². The van der Waals surface area contributed by atoms with Crippen molar-refractivity contribution >= 4 is 17.2 Å². The van der Waals surface area contributed by atoms with E-state index in [1.54, 1.807) is 11.3 Å². The molecule has 1 aromatic carbocycles. The fourth-order valence-electron chi connectivity index (χ4n) is 4.01. The first-order chi connectivity index (χ1) is 16.6. The van der Waals surface area contributed by atoms with Crippen molar-refractivity contribution in [1.82, 2.24) is 14.1 Å². The van der Waals surface area contributed by atoms with Gasteiger partial charge in [-0.25, -0.2) is 4.79 Å². The lowest BCUT2D eigenvalue weighted by Gasteiger charge is -2.10. The van der Waals surface area contributed by atoms with E-state index in [1.165, 1.54) is 4.88 Å². The van der Waals surface area contributed by atoms with Gasteiger partial charge in [0.2, 0.25) is 0 Å². The molecule has 0 saturated heterocycles. The van der Waals surface area contributed by atoms with Gasteiger partial charge in [-0.2, -0.15) is 5.10 Å². The van der Waals surface area contributed by atoms with E-state index in [4.69, 9.17) is 11.6 Å². The maximum Gasteiger partial charge on any atom is 0.328 e. The molecule has 3 aromatic heterocycles. The highest BCUT2D eigenvalue weighted by molar-refractivity contribution is 7.09. The van der Waals surface area contributed by atoms with Crippen LogP contribution in [-0.2, 0) is 25.9 Å². The normalized spacial score (nSPS) is 11.7. The summed E-state index contributed by atoms with van der Waals surface area (Å²) in [7, 11) is 0. The lowest BCUT2D eigenvalue weighted by atomic mass is 10.0. The number of benzene rings is 1. The van der Waals surface area contributed by atoms with Crippen molar-refractivity contribution in [3.05, 3.63) is 98.5 Å². The zero-order valence-electron chi connectivity index (χ0n) is 19.4. The molecule has 0 aliphatic heterocycles. The molecule has 0 bridgehead atoms. The molecule has 0 radical (unpaired) electrons. The zero-order chi connectivity index (χ0) is 23.9. The lowest BCUT2D eigenvalue weighted by molar-refractivity contribution is 0.627. The minimum atomic E-state index is 0.0315. The number of aryl methyl sites for hydroxylation is 3. The van der Waals surface area contributed by atoms with Gasteiger partial charge in [-0.15, -0.1) is 11.3 Å². The molecule has 8 heteroatoms. The average Bonchev–Trinajstić information content (AvgIpc) is 3.50. The van der Waals surface area contributed by atoms with E-state index in [1.807, 2.05) is 64.0 Å². The number of pyridine rings is 1. The van der Waals surface area contributed by atoms with Crippen LogP contribution in [0.2, 0.25) is 0 Å². The molecule has 4 aromatic rings. The number of hydrogen-bond acceptors (Lipinski definition) is 5. The highest BCUT2D eigenvalue weighted by atomic mass is 32.1. The summed E-state index contributed by atoms with van der Waals surface area (Å²) in [5.41, 5.74) is 10.4. The van der Waals surface area contributed by atoms with Crippen LogP contribution >= 0.6 is 11.3 Å². The van der Waals surface area contributed by atoms with Crippen LogP contribution in [0.5, 0.6) is 0 Å². The Morgan fingerprint density at radius 1 is 1.12 bits per heavy atom. The average molecular weight is 475 g/mol. The number of hydrogen-bond donors (Lipinski definition) is 2. The fraction of sp³-hybridized carbons (Fsp3) is 0.269. The first-order valence-corrected chi connectivity index (χ1v) is 12.4. The third-order valence-electron chi connectivity index (χ3n) is 5.88. The summed E-state index contributed by atoms with van der Waals surface area (Å²) >= 11 is 1.73. The summed E-state index contributed by atoms with van der Waals surface area (Å²) in [6, 6.07) is 15.7. The molecule has 4 N–H and O–H groups in total. The van der Waals surface area contributed by atoms with Crippen molar-refractivity contribution in [3.8, 4) is 11.3 Å². The number of nitrogens with two attached hydrogens (primary N) is 2. The van der Waals surface area contributed by atoms with Gasteiger partial charge in [-0.05, 0) is 42.3 Å². The Labute approximate surface area is 203 Å². The molecule has 0 aliphatic rings. The van der Waals surface area contributed by atoms with Crippen LogP contribution < -0.4 is 17.3 Å². The van der Waals surface area contributed by atoms with Gasteiger partial charge in [0.05, 0.1) is 12.2 Å². The number of hydrazone groups is 1. The van der Waals surface area contributed by atoms with Crippen molar-refractivity contribution in [1.29, 1.82) is 0 Å². The van der Waals surface area contributed by atoms with E-state index in [0.29, 0.717) is 13.1 Å². The monoisotopic (exact) mass is 474 g/mol. The van der Waals surface area contributed by atoms with Crippen LogP contribution in [0.15, 0.2) is 76.2 Å². The molecule has 0 saturated carbocycles. The zero-order valence-corrected chi connectivity index (χ0v) is 20.2. The predicted molar refractivity (Wildman–Crippen MR) is 139 cm³/mol. The first-order valence-electron chi connectivity index (χ1n) is 11.5. The third-order valence-corrected chi connectivity index (χ3v) is 6.81. The maximum absolute atomic E-state index is 13.2. The van der Waals surface area contributed by atoms with Crippen molar-refractivity contribution in [2.45, 2.75) is 45.7 Å². The van der Waals surface area contributed by atoms with E-state index in [9.17, 15) is 4.79 Å². The SMILES string of the molecule is CCCCc1cn(CCc2cccs2)c(=O)n1Cc1ccc(-c2ccccc2/C(N)=N/N)nc1. The van der Waals surface area contributed by atoms with Crippen LogP contribution in [0, 0.1) is 0 Å². The summed E-state index contributed by atoms with van der Waals surface area (Å²) in [6.45, 7) is 3.34. The second kappa shape index (κ2) is 11.0. The van der Waals surface area contributed by atoms with Crippen LogP contribution in [0.3, 0.4) is 0 Å². The second-order valence-corrected chi connectivity index (χ2v) is 9.26. The molecular weight excluding hydrogens is 444 g/mol. The van der Waals surface area contributed by atoms with Gasteiger partial charge >= 0.3 is 5.69 Å². The molecule has 0 spiro atoms. The minimum Gasteiger partial charge on any atom is -0.382 e. The number of imidazole rings is 1. The minimum absolute atomic E-state index is 0.0315. The van der Waals surface area contributed by atoms with E-state index >= 15 is 0 Å². The molecule has 4 rings (SSSR count). The van der Waals surface area contributed by atoms with Crippen LogP contribution in [0.25, 0.3) is 11.3 Å². The largest absolute Gasteiger partial charge is 0.382 e. The number of unbranched alkanes of at least 4 members (excludes halogenated alkanes) is 1. The summed E-state index contributed by atoms with van der Waals surface area (Å²) in [5, 5.41) is 5.69. The Morgan fingerprint density at radius 3 is 2.68 bits per heavy atom. The van der Waals surface area contributed by atoms with Gasteiger partial charge in [-0.1, -0.05) is 49.7 Å². The quantitative estimate of drug-likeness (QED) is 0.157. The number of amidine groups is 1. The van der Waals surface area contributed by atoms with Gasteiger partial charge in [0.15, 0.2) is 5.84 Å². The Morgan fingerprint density at radius 2 is 1.97 bits per heavy atom. The Hall–Kier alpha value is -3.65. The maximum atomic E-state index is 13.2. The Balaban J connectivity index is 1.58. The smallest absolute Gasteiger partial charge is 0.328 e. The van der Waals surface area contributed by atoms with Gasteiger partial charge in [0, 0.05) is 40.6 Å². The number of aromatic nitrogens is 3. The summed E-state index contributed by atoms with van der Waals surface area (Å²) in [5.74, 6) is 5.65. The van der Waals surface area contributed by atoms with E-state index < -0.39 is 0 Å². The highest BCUT2D eigenvalue weighted by Crippen LogP contribution is 2.22. The molecule has 0 aliphatic carbocycles. The summed E-state index contributed by atoms with van der Waals surface area (Å²) < 4.78 is 3.73. The Kier molecular flexibility index (Phi) is 7.59. The second-order valence-electron chi connectivity index (χ2n) is 8.23. The van der Waals surface area contributed by atoms with E-state index in [0.717, 1.165) is 53.8 Å². The van der Waals surface area contributed by atoms with Crippen LogP contribution in [-0.4, -0.2) is 20.0 Å². The number of nitrogens with zero attached hydrogens (tertiary/aromatic N) is 4. The summed E-state index contributed by atoms with van der Waals surface area (Å²) in [6.07, 6.45) is 7.72. The number of rotatable bonds is 10. The highest BCUT2D eigenvalue weighted by Gasteiger charge is 2.13. The molecule has 0 fully saturated rings. The van der Waals surface area contributed by atoms with Crippen molar-refractivity contribution in [2.24, 2.45) is 16.7 Å². The number of thiophene rings is 1. The van der Waals surface area contributed by atoms with Crippen molar-refractivity contribution < 1.29 is 0 Å². The predicted octanol–water partition coefficient (Wildman–Crippen LogP) is 3.99. The lowest BCUT2D eigenvalue weighted by Crippen LogP contribution is -2.26. The molecular formula is C26H30N6OS. The van der Waals surface area contributed by atoms with Crippen LogP contribution in [0.1, 0.15) is 41.5 Å². The van der Waals surface area contributed by atoms with Crippen molar-refractivity contribution in [2.75, 3.05) is 0 Å². The molecule has 34 heavy (non-hydrogen) atoms. The fourth-order valence-corrected chi connectivity index (χ4v) is 4.71. The molecule has 176 valence electrons. The Bertz CT molecular complexity index is 1300. The standard InChI is InChI=1S/C26H30N6OS/c1-2-3-7-20-18-31(14-13-21-8-6-15-34-21)26(33)32(20)17-19-11-12-24(29-16-19)22-9-4-5-10-23(22)25(27)30-28/h4-6,8-12,15-16,18H,2-3,7,13-14,17,28H2,1H3,(H2,27,30). The molecule has 0 unspecified atom stereocenters. The van der Waals surface area contributed by atoms with E-state index in [-0.39, 0.29) is 11.5 Å². The third kappa shape index (κ3) is 5.28. The first kappa shape index (κ1) is 23.5. The van der Waals surface area contributed by atoms with Crippen molar-refractivity contribution in [3.63, 3.8) is 0 Å². The van der Waals surface area contributed by atoms with Gasteiger partial charge in [0.1, 0.15) is 0 Å². The molecule has 7 nitrogen and oxygen atoms in total. The topological polar surface area (TPSA) is 104 Å². The van der Waals surface area contributed by atoms with Gasteiger partial charge in [-0.3, -0.25) is 14.1 Å². The molecule has 0 amide bonds. The molecule has 0 atom stereocenters. The summed E-state index contributed by atoms with van der Waals surface area (Å²) in [4.78, 5) is 19.2. The van der Waals surface area contributed by atoms with Gasteiger partial charge in [0.25, 0.3) is 0 Å².